The summed E-state index contributed by atoms with van der Waals surface area (Å²) in [6.45, 7) is 5.99. The van der Waals surface area contributed by atoms with E-state index in [2.05, 4.69) is 21.6 Å². The number of aryl methyl sites for hydroxylation is 2. The van der Waals surface area contributed by atoms with E-state index in [1.807, 2.05) is 18.7 Å². The Morgan fingerprint density at radius 3 is 2.79 bits per heavy atom. The zero-order valence-corrected chi connectivity index (χ0v) is 12.5. The van der Waals surface area contributed by atoms with Gasteiger partial charge < -0.3 is 9.72 Å². The van der Waals surface area contributed by atoms with Crippen molar-refractivity contribution in [3.8, 4) is 0 Å². The van der Waals surface area contributed by atoms with Gasteiger partial charge in [-0.1, -0.05) is 0 Å². The minimum absolute atomic E-state index is 0.375. The van der Waals surface area contributed by atoms with E-state index in [-0.39, 0.29) is 0 Å². The van der Waals surface area contributed by atoms with Crippen LogP contribution in [-0.2, 0) is 11.8 Å². The summed E-state index contributed by atoms with van der Waals surface area (Å²) in [5, 5.41) is 4.47. The molecule has 3 heterocycles. The third-order valence-electron chi connectivity index (χ3n) is 4.23. The topological polar surface area (TPSA) is 47.8 Å². The molecule has 1 saturated heterocycles. The van der Waals surface area contributed by atoms with Crippen LogP contribution in [0.2, 0.25) is 0 Å². The predicted octanol–water partition coefficient (Wildman–Crippen LogP) is 2.73. The Morgan fingerprint density at radius 1 is 1.42 bits per heavy atom. The first-order chi connectivity index (χ1) is 9.09. The van der Waals surface area contributed by atoms with Gasteiger partial charge in [-0.05, 0) is 44.8 Å². The summed E-state index contributed by atoms with van der Waals surface area (Å²) in [5.41, 5.74) is 3.16. The Morgan fingerprint density at radius 2 is 2.11 bits per heavy atom. The van der Waals surface area contributed by atoms with E-state index in [1.54, 1.807) is 0 Å². The van der Waals surface area contributed by atoms with Crippen molar-refractivity contribution in [2.45, 2.75) is 32.7 Å². The van der Waals surface area contributed by atoms with Crippen LogP contribution in [0.4, 0.5) is 0 Å². The quantitative estimate of drug-likeness (QED) is 0.860. The second kappa shape index (κ2) is 4.76. The molecule has 3 rings (SSSR count). The van der Waals surface area contributed by atoms with Gasteiger partial charge in [0.05, 0.1) is 5.69 Å². The van der Waals surface area contributed by atoms with E-state index in [1.165, 1.54) is 0 Å². The second-order valence-electron chi connectivity index (χ2n) is 5.40. The van der Waals surface area contributed by atoms with Gasteiger partial charge in [0.15, 0.2) is 10.4 Å². The van der Waals surface area contributed by atoms with Crippen LogP contribution in [0.1, 0.15) is 31.5 Å². The molecule has 1 atom stereocenters. The van der Waals surface area contributed by atoms with Gasteiger partial charge in [-0.3, -0.25) is 9.25 Å². The number of nitrogens with zero attached hydrogens (tertiary/aromatic N) is 3. The SMILES string of the molecule is Cc1nn(C)c2c1[nH]c(=S)n2C(C)C1CCOCC1. The smallest absolute Gasteiger partial charge is 0.179 e. The Balaban J connectivity index is 2.08. The molecule has 1 fully saturated rings. The molecule has 5 nitrogen and oxygen atoms in total. The lowest BCUT2D eigenvalue weighted by Gasteiger charge is -2.28. The molecule has 2 aromatic rings. The fraction of sp³-hybridized carbons (Fsp3) is 0.692. The maximum Gasteiger partial charge on any atom is 0.179 e. The van der Waals surface area contributed by atoms with Crippen LogP contribution < -0.4 is 0 Å². The van der Waals surface area contributed by atoms with Crippen LogP contribution in [0.15, 0.2) is 0 Å². The summed E-state index contributed by atoms with van der Waals surface area (Å²) >= 11 is 5.51. The van der Waals surface area contributed by atoms with Gasteiger partial charge in [0.1, 0.15) is 5.52 Å². The van der Waals surface area contributed by atoms with E-state index in [0.717, 1.165) is 47.7 Å². The van der Waals surface area contributed by atoms with Crippen molar-refractivity contribution in [2.24, 2.45) is 13.0 Å². The Hall–Kier alpha value is -1.14. The normalized spacial score (nSPS) is 19.1. The van der Waals surface area contributed by atoms with Crippen LogP contribution in [0.25, 0.3) is 11.2 Å². The summed E-state index contributed by atoms with van der Waals surface area (Å²) in [5.74, 6) is 0.620. The van der Waals surface area contributed by atoms with Crippen LogP contribution in [0.3, 0.4) is 0 Å². The first-order valence-corrected chi connectivity index (χ1v) is 7.22. The number of rotatable bonds is 2. The molecule has 104 valence electrons. The zero-order valence-electron chi connectivity index (χ0n) is 11.6. The van der Waals surface area contributed by atoms with Crippen molar-refractivity contribution in [3.05, 3.63) is 10.5 Å². The number of aromatic amines is 1. The van der Waals surface area contributed by atoms with Crippen LogP contribution in [-0.4, -0.2) is 32.5 Å². The number of aromatic nitrogens is 4. The molecule has 1 N–H and O–H groups in total. The average molecular weight is 280 g/mol. The van der Waals surface area contributed by atoms with Crippen molar-refractivity contribution in [2.75, 3.05) is 13.2 Å². The molecule has 0 radical (unpaired) electrons. The van der Waals surface area contributed by atoms with Gasteiger partial charge >= 0.3 is 0 Å². The van der Waals surface area contributed by atoms with Gasteiger partial charge in [-0.2, -0.15) is 5.10 Å². The molecule has 1 aliphatic rings. The fourth-order valence-corrected chi connectivity index (χ4v) is 3.47. The number of imidazole rings is 1. The van der Waals surface area contributed by atoms with Crippen LogP contribution >= 0.6 is 12.2 Å². The number of hydrogen-bond donors (Lipinski definition) is 1. The lowest BCUT2D eigenvalue weighted by molar-refractivity contribution is 0.0515. The summed E-state index contributed by atoms with van der Waals surface area (Å²) in [6.07, 6.45) is 2.21. The van der Waals surface area contributed by atoms with Crippen molar-refractivity contribution in [1.29, 1.82) is 0 Å². The van der Waals surface area contributed by atoms with Gasteiger partial charge in [-0.15, -0.1) is 0 Å². The Bertz CT molecular complexity index is 647. The van der Waals surface area contributed by atoms with E-state index >= 15 is 0 Å². The molecular weight excluding hydrogens is 260 g/mol. The average Bonchev–Trinajstić information content (AvgIpc) is 2.88. The highest BCUT2D eigenvalue weighted by molar-refractivity contribution is 7.71. The maximum absolute atomic E-state index is 5.51. The summed E-state index contributed by atoms with van der Waals surface area (Å²) in [4.78, 5) is 3.30. The second-order valence-corrected chi connectivity index (χ2v) is 5.78. The van der Waals surface area contributed by atoms with E-state index in [0.29, 0.717) is 12.0 Å². The zero-order chi connectivity index (χ0) is 13.6. The molecule has 0 spiro atoms. The molecule has 0 aromatic carbocycles. The highest BCUT2D eigenvalue weighted by atomic mass is 32.1. The van der Waals surface area contributed by atoms with Crippen molar-refractivity contribution < 1.29 is 4.74 Å². The Kier molecular flexibility index (Phi) is 3.22. The van der Waals surface area contributed by atoms with E-state index in [9.17, 15) is 0 Å². The number of nitrogens with one attached hydrogen (secondary N) is 1. The van der Waals surface area contributed by atoms with Crippen molar-refractivity contribution >= 4 is 23.4 Å². The Labute approximate surface area is 117 Å². The highest BCUT2D eigenvalue weighted by Gasteiger charge is 2.25. The molecule has 1 aliphatic heterocycles. The summed E-state index contributed by atoms with van der Waals surface area (Å²) in [7, 11) is 1.98. The monoisotopic (exact) mass is 280 g/mol. The minimum atomic E-state index is 0.375. The maximum atomic E-state index is 5.51. The lowest BCUT2D eigenvalue weighted by Crippen LogP contribution is -2.24. The van der Waals surface area contributed by atoms with Crippen LogP contribution in [0, 0.1) is 17.6 Å². The number of H-pyrrole nitrogens is 1. The number of hydrogen-bond acceptors (Lipinski definition) is 3. The first-order valence-electron chi connectivity index (χ1n) is 6.81. The third-order valence-corrected chi connectivity index (χ3v) is 4.53. The van der Waals surface area contributed by atoms with Crippen LogP contribution in [0.5, 0.6) is 0 Å². The molecule has 1 unspecified atom stereocenters. The summed E-state index contributed by atoms with van der Waals surface area (Å²) in [6, 6.07) is 0.375. The molecule has 0 amide bonds. The number of ether oxygens (including phenoxy) is 1. The minimum Gasteiger partial charge on any atom is -0.381 e. The summed E-state index contributed by atoms with van der Waals surface area (Å²) < 4.78 is 10.4. The molecule has 0 bridgehead atoms. The largest absolute Gasteiger partial charge is 0.381 e. The molecule has 19 heavy (non-hydrogen) atoms. The third kappa shape index (κ3) is 2.03. The van der Waals surface area contributed by atoms with Crippen molar-refractivity contribution in [3.63, 3.8) is 0 Å². The molecule has 0 aliphatic carbocycles. The standard InChI is InChI=1S/C13H20N4OS/c1-8-11-12(16(3)15-8)17(13(19)14-11)9(2)10-4-6-18-7-5-10/h9-10H,4-7H2,1-3H3,(H,14,19). The highest BCUT2D eigenvalue weighted by Crippen LogP contribution is 2.31. The molecule has 2 aromatic heterocycles. The predicted molar refractivity (Wildman–Crippen MR) is 76.9 cm³/mol. The van der Waals surface area contributed by atoms with Gasteiger partial charge in [0.2, 0.25) is 0 Å². The van der Waals surface area contributed by atoms with Gasteiger partial charge in [0.25, 0.3) is 0 Å². The molecule has 0 saturated carbocycles. The van der Waals surface area contributed by atoms with E-state index < -0.39 is 0 Å². The fourth-order valence-electron chi connectivity index (χ4n) is 3.12. The first kappa shape index (κ1) is 12.9. The van der Waals surface area contributed by atoms with Gasteiger partial charge in [0, 0.05) is 26.3 Å². The molecular formula is C13H20N4OS. The lowest BCUT2D eigenvalue weighted by atomic mass is 9.93. The van der Waals surface area contributed by atoms with Crippen molar-refractivity contribution in [1.82, 2.24) is 19.3 Å². The number of fused-ring (bicyclic) bond motifs is 1. The molecule has 6 heteroatoms. The van der Waals surface area contributed by atoms with Gasteiger partial charge in [-0.25, -0.2) is 0 Å². The van der Waals surface area contributed by atoms with E-state index in [4.69, 9.17) is 17.0 Å².